The van der Waals surface area contributed by atoms with Gasteiger partial charge in [0.1, 0.15) is 28.9 Å². The van der Waals surface area contributed by atoms with Gasteiger partial charge in [0.05, 0.1) is 13.1 Å². The minimum Gasteiger partial charge on any atom is -0.535 e. The second kappa shape index (κ2) is 7.39. The average molecular weight is 383 g/mol. The van der Waals surface area contributed by atoms with E-state index in [9.17, 15) is 20.1 Å². The van der Waals surface area contributed by atoms with Crippen molar-refractivity contribution in [1.29, 1.82) is 0 Å². The maximum atomic E-state index is 11.8. The Morgan fingerprint density at radius 3 is 2.82 bits per heavy atom. The summed E-state index contributed by atoms with van der Waals surface area (Å²) in [5.41, 5.74) is 1.18. The van der Waals surface area contributed by atoms with Gasteiger partial charge in [-0.2, -0.15) is 0 Å². The number of nitrogens with zero attached hydrogens (tertiary/aromatic N) is 3. The van der Waals surface area contributed by atoms with Crippen molar-refractivity contribution in [3.05, 3.63) is 53.3 Å². The number of aromatic carboxylic acids is 1. The van der Waals surface area contributed by atoms with Crippen molar-refractivity contribution in [3.8, 4) is 11.5 Å². The van der Waals surface area contributed by atoms with Crippen LogP contribution < -0.4 is 9.39 Å². The van der Waals surface area contributed by atoms with Crippen molar-refractivity contribution in [1.82, 2.24) is 9.88 Å². The molecule has 0 spiro atoms. The van der Waals surface area contributed by atoms with Gasteiger partial charge in [0.25, 0.3) is 0 Å². The van der Waals surface area contributed by atoms with Gasteiger partial charge in [-0.05, 0) is 36.5 Å². The zero-order valence-electron chi connectivity index (χ0n) is 14.9. The monoisotopic (exact) mass is 383 g/mol. The summed E-state index contributed by atoms with van der Waals surface area (Å²) in [5.74, 6) is -0.504. The molecule has 28 heavy (non-hydrogen) atoms. The number of benzene rings is 1. The number of aromatic nitrogens is 1. The summed E-state index contributed by atoms with van der Waals surface area (Å²) in [6.45, 7) is 0.825. The molecule has 0 amide bonds. The van der Waals surface area contributed by atoms with Crippen molar-refractivity contribution < 1.29 is 29.5 Å². The molecule has 1 aromatic heterocycles. The lowest BCUT2D eigenvalue weighted by Gasteiger charge is -2.40. The summed E-state index contributed by atoms with van der Waals surface area (Å²) in [4.78, 5) is 17.7. The number of hydrogen-bond acceptors (Lipinski definition) is 7. The van der Waals surface area contributed by atoms with E-state index in [2.05, 4.69) is 10.1 Å². The summed E-state index contributed by atoms with van der Waals surface area (Å²) in [5, 5.41) is 32.0. The van der Waals surface area contributed by atoms with Crippen LogP contribution in [0.2, 0.25) is 6.32 Å². The molecule has 2 aromatic rings. The Morgan fingerprint density at radius 2 is 2.14 bits per heavy atom. The van der Waals surface area contributed by atoms with Gasteiger partial charge in [0.15, 0.2) is 5.84 Å². The van der Waals surface area contributed by atoms with Crippen LogP contribution in [-0.4, -0.2) is 63.3 Å². The van der Waals surface area contributed by atoms with Gasteiger partial charge in [-0.1, -0.05) is 17.3 Å². The average Bonchev–Trinajstić information content (AvgIpc) is 2.66. The third-order valence-electron chi connectivity index (χ3n) is 4.76. The first-order valence-electron chi connectivity index (χ1n) is 8.85. The van der Waals surface area contributed by atoms with Crippen LogP contribution in [0.1, 0.15) is 21.6 Å². The lowest BCUT2D eigenvalue weighted by atomic mass is 9.78. The lowest BCUT2D eigenvalue weighted by molar-refractivity contribution is 0.0587. The Labute approximate surface area is 161 Å². The summed E-state index contributed by atoms with van der Waals surface area (Å²) in [7, 11) is -1.03. The fraction of sp³-hybridized carbons (Fsp3) is 0.278. The summed E-state index contributed by atoms with van der Waals surface area (Å²) >= 11 is 0. The van der Waals surface area contributed by atoms with E-state index in [1.165, 1.54) is 0 Å². The maximum absolute atomic E-state index is 11.8. The highest BCUT2D eigenvalue weighted by molar-refractivity contribution is 6.44. The van der Waals surface area contributed by atoms with Crippen LogP contribution >= 0.6 is 0 Å². The number of carboxylic acid groups (broad SMARTS) is 1. The molecular weight excluding hydrogens is 365 g/mol. The Bertz CT molecular complexity index is 917. The van der Waals surface area contributed by atoms with Gasteiger partial charge in [-0.15, -0.1) is 0 Å². The highest BCUT2D eigenvalue weighted by Crippen LogP contribution is 2.37. The van der Waals surface area contributed by atoms with Crippen LogP contribution in [0, 0.1) is 0 Å². The predicted octanol–water partition coefficient (Wildman–Crippen LogP) is 1.09. The van der Waals surface area contributed by atoms with E-state index in [0.29, 0.717) is 37.4 Å². The highest BCUT2D eigenvalue weighted by atomic mass is 16.5. The lowest BCUT2D eigenvalue weighted by Crippen LogP contribution is -2.56. The molecule has 0 bridgehead atoms. The number of ether oxygens (including phenoxy) is 1. The molecule has 4 rings (SSSR count). The van der Waals surface area contributed by atoms with Crippen molar-refractivity contribution in [2.75, 3.05) is 13.1 Å². The smallest absolute Gasteiger partial charge is 0.522 e. The number of aryl methyl sites for hydroxylation is 1. The number of oxime groups is 1. The Kier molecular flexibility index (Phi) is 4.78. The first-order chi connectivity index (χ1) is 13.6. The quantitative estimate of drug-likeness (QED) is 0.236. The standard InChI is InChI=1S/C18H18BN3O6/c23-18(24)15-14(5-4-11-6-7-19(25)28-16(11)15)27-12-9-22(10-12)17(21-26)13-3-1-2-8-20-13/h1-5,8,12,25-26H,6-7,9-10H2,(H,23,24)/b21-17-. The number of amidine groups is 1. The molecule has 0 unspecified atom stereocenters. The molecule has 0 atom stereocenters. The molecule has 0 radical (unpaired) electrons. The number of carbonyl (C=O) groups is 1. The van der Waals surface area contributed by atoms with E-state index in [0.717, 1.165) is 5.56 Å². The third kappa shape index (κ3) is 3.34. The zero-order chi connectivity index (χ0) is 19.7. The molecule has 0 saturated carbocycles. The fourth-order valence-corrected chi connectivity index (χ4v) is 3.35. The predicted molar refractivity (Wildman–Crippen MR) is 99.1 cm³/mol. The number of fused-ring (bicyclic) bond motifs is 1. The zero-order valence-corrected chi connectivity index (χ0v) is 14.9. The minimum atomic E-state index is -1.18. The van der Waals surface area contributed by atoms with Crippen LogP contribution in [0.25, 0.3) is 0 Å². The van der Waals surface area contributed by atoms with Crippen molar-refractivity contribution in [3.63, 3.8) is 0 Å². The maximum Gasteiger partial charge on any atom is 0.522 e. The van der Waals surface area contributed by atoms with Crippen molar-refractivity contribution >= 4 is 18.9 Å². The van der Waals surface area contributed by atoms with Crippen LogP contribution in [-0.2, 0) is 6.42 Å². The molecule has 1 aromatic carbocycles. The van der Waals surface area contributed by atoms with Gasteiger partial charge < -0.3 is 29.6 Å². The summed E-state index contributed by atoms with van der Waals surface area (Å²) in [6.07, 6.45) is 2.27. The topological polar surface area (TPSA) is 125 Å². The van der Waals surface area contributed by atoms with E-state index in [1.54, 1.807) is 41.4 Å². The van der Waals surface area contributed by atoms with Gasteiger partial charge in [0.2, 0.25) is 0 Å². The van der Waals surface area contributed by atoms with E-state index < -0.39 is 13.1 Å². The molecule has 9 nitrogen and oxygen atoms in total. The Balaban J connectivity index is 1.49. The Morgan fingerprint density at radius 1 is 1.32 bits per heavy atom. The van der Waals surface area contributed by atoms with E-state index in [4.69, 9.17) is 9.39 Å². The minimum absolute atomic E-state index is 0.0875. The number of rotatable bonds is 4. The summed E-state index contributed by atoms with van der Waals surface area (Å²) < 4.78 is 11.2. The molecule has 2 aliphatic rings. The number of likely N-dealkylation sites (tertiary alicyclic amines) is 1. The van der Waals surface area contributed by atoms with Gasteiger partial charge >= 0.3 is 13.1 Å². The van der Waals surface area contributed by atoms with E-state index >= 15 is 0 Å². The molecular formula is C18H18BN3O6. The normalized spacial score (nSPS) is 16.8. The first kappa shape index (κ1) is 18.1. The second-order valence-electron chi connectivity index (χ2n) is 6.63. The van der Waals surface area contributed by atoms with Gasteiger partial charge in [-0.25, -0.2) is 4.79 Å². The SMILES string of the molecule is O=C(O)c1c(OC2CN(/C(=N\O)c3ccccn3)C2)ccc2c1OB(O)CC2. The third-order valence-corrected chi connectivity index (χ3v) is 4.76. The molecule has 0 aliphatic carbocycles. The molecule has 144 valence electrons. The number of pyridine rings is 1. The molecule has 3 heterocycles. The van der Waals surface area contributed by atoms with E-state index in [-0.39, 0.29) is 23.2 Å². The first-order valence-corrected chi connectivity index (χ1v) is 8.85. The second-order valence-corrected chi connectivity index (χ2v) is 6.63. The van der Waals surface area contributed by atoms with E-state index in [1.807, 2.05) is 0 Å². The molecule has 2 aliphatic heterocycles. The van der Waals surface area contributed by atoms with Crippen LogP contribution in [0.15, 0.2) is 41.7 Å². The highest BCUT2D eigenvalue weighted by Gasteiger charge is 2.35. The van der Waals surface area contributed by atoms with Crippen molar-refractivity contribution in [2.45, 2.75) is 18.8 Å². The molecule has 10 heteroatoms. The van der Waals surface area contributed by atoms with Crippen LogP contribution in [0.4, 0.5) is 0 Å². The van der Waals surface area contributed by atoms with Crippen molar-refractivity contribution in [2.24, 2.45) is 5.16 Å². The number of carboxylic acids is 1. The Hall–Kier alpha value is -3.27. The molecule has 1 saturated heterocycles. The van der Waals surface area contributed by atoms with Gasteiger partial charge in [-0.3, -0.25) is 4.98 Å². The largest absolute Gasteiger partial charge is 0.535 e. The van der Waals surface area contributed by atoms with Crippen LogP contribution in [0.3, 0.4) is 0 Å². The van der Waals surface area contributed by atoms with Gasteiger partial charge in [0, 0.05) is 6.20 Å². The summed E-state index contributed by atoms with van der Waals surface area (Å²) in [6, 6.07) is 8.67. The molecule has 3 N–H and O–H groups in total. The fourth-order valence-electron chi connectivity index (χ4n) is 3.35. The molecule has 1 fully saturated rings. The van der Waals surface area contributed by atoms with Crippen LogP contribution in [0.5, 0.6) is 11.5 Å². The number of hydrogen-bond donors (Lipinski definition) is 3.